The molecule has 1 aliphatic rings. The predicted molar refractivity (Wildman–Crippen MR) is 68.1 cm³/mol. The summed E-state index contributed by atoms with van der Waals surface area (Å²) in [5.41, 5.74) is 1.44. The van der Waals surface area contributed by atoms with Crippen LogP contribution in [0.15, 0.2) is 0 Å². The SMILES string of the molecule is CC(C)(C)CCC1(C)CN(C(C)(C)C)C1. The molecule has 1 heterocycles. The Kier molecular flexibility index (Phi) is 3.27. The van der Waals surface area contributed by atoms with Crippen molar-refractivity contribution in [2.24, 2.45) is 10.8 Å². The van der Waals surface area contributed by atoms with Crippen LogP contribution in [0.5, 0.6) is 0 Å². The third-order valence-corrected chi connectivity index (χ3v) is 3.57. The molecule has 1 aliphatic heterocycles. The van der Waals surface area contributed by atoms with Gasteiger partial charge in [-0.1, -0.05) is 27.7 Å². The minimum absolute atomic E-state index is 0.362. The summed E-state index contributed by atoms with van der Waals surface area (Å²) in [5, 5.41) is 0. The van der Waals surface area contributed by atoms with Gasteiger partial charge in [0.25, 0.3) is 0 Å². The third-order valence-electron chi connectivity index (χ3n) is 3.57. The lowest BCUT2D eigenvalue weighted by molar-refractivity contribution is -0.0569. The van der Waals surface area contributed by atoms with Gasteiger partial charge in [-0.25, -0.2) is 0 Å². The van der Waals surface area contributed by atoms with E-state index in [0.29, 0.717) is 16.4 Å². The molecule has 0 aliphatic carbocycles. The van der Waals surface area contributed by atoms with Crippen LogP contribution in [-0.2, 0) is 0 Å². The maximum atomic E-state index is 2.59. The van der Waals surface area contributed by atoms with Gasteiger partial charge in [0.1, 0.15) is 0 Å². The summed E-state index contributed by atoms with van der Waals surface area (Å²) >= 11 is 0. The molecule has 0 radical (unpaired) electrons. The molecule has 0 spiro atoms. The van der Waals surface area contributed by atoms with E-state index in [9.17, 15) is 0 Å². The molecule has 0 aromatic heterocycles. The Morgan fingerprint density at radius 3 is 1.80 bits per heavy atom. The van der Waals surface area contributed by atoms with E-state index in [1.54, 1.807) is 0 Å². The Balaban J connectivity index is 2.35. The van der Waals surface area contributed by atoms with E-state index in [1.165, 1.54) is 25.9 Å². The Bertz CT molecular complexity index is 205. The van der Waals surface area contributed by atoms with E-state index in [0.717, 1.165) is 0 Å². The molecule has 0 aromatic carbocycles. The smallest absolute Gasteiger partial charge is 0.0125 e. The molecule has 0 bridgehead atoms. The topological polar surface area (TPSA) is 3.24 Å². The molecule has 0 aromatic rings. The van der Waals surface area contributed by atoms with E-state index in [-0.39, 0.29) is 0 Å². The molecule has 1 heteroatoms. The first-order valence-electron chi connectivity index (χ1n) is 6.27. The van der Waals surface area contributed by atoms with E-state index < -0.39 is 0 Å². The van der Waals surface area contributed by atoms with Gasteiger partial charge in [-0.3, -0.25) is 4.90 Å². The van der Waals surface area contributed by atoms with Gasteiger partial charge in [-0.05, 0) is 44.4 Å². The molecule has 1 fully saturated rings. The third kappa shape index (κ3) is 3.79. The molecule has 90 valence electrons. The number of nitrogens with zero attached hydrogens (tertiary/aromatic N) is 1. The van der Waals surface area contributed by atoms with Gasteiger partial charge in [-0.2, -0.15) is 0 Å². The molecule has 0 amide bonds. The van der Waals surface area contributed by atoms with Crippen LogP contribution in [-0.4, -0.2) is 23.5 Å². The maximum Gasteiger partial charge on any atom is 0.0125 e. The fourth-order valence-corrected chi connectivity index (χ4v) is 2.18. The zero-order valence-corrected chi connectivity index (χ0v) is 11.8. The summed E-state index contributed by atoms with van der Waals surface area (Å²) in [6, 6.07) is 0. The van der Waals surface area contributed by atoms with Gasteiger partial charge < -0.3 is 0 Å². The number of hydrogen-bond donors (Lipinski definition) is 0. The van der Waals surface area contributed by atoms with Crippen LogP contribution in [0.2, 0.25) is 0 Å². The summed E-state index contributed by atoms with van der Waals surface area (Å²) in [4.78, 5) is 2.59. The average molecular weight is 211 g/mol. The molecular formula is C14H29N. The molecular weight excluding hydrogens is 182 g/mol. The number of likely N-dealkylation sites (tertiary alicyclic amines) is 1. The highest BCUT2D eigenvalue weighted by Crippen LogP contribution is 2.40. The highest BCUT2D eigenvalue weighted by atomic mass is 15.3. The molecule has 0 unspecified atom stereocenters. The summed E-state index contributed by atoms with van der Waals surface area (Å²) in [6.07, 6.45) is 2.73. The van der Waals surface area contributed by atoms with Crippen molar-refractivity contribution in [1.29, 1.82) is 0 Å². The van der Waals surface area contributed by atoms with Gasteiger partial charge in [0.05, 0.1) is 0 Å². The van der Waals surface area contributed by atoms with Crippen molar-refractivity contribution in [2.45, 2.75) is 66.8 Å². The molecule has 15 heavy (non-hydrogen) atoms. The lowest BCUT2D eigenvalue weighted by Gasteiger charge is -2.55. The number of rotatable bonds is 2. The van der Waals surface area contributed by atoms with Crippen molar-refractivity contribution in [3.63, 3.8) is 0 Å². The predicted octanol–water partition coefficient (Wildman–Crippen LogP) is 3.93. The normalized spacial score (nSPS) is 22.6. The molecule has 0 N–H and O–H groups in total. The number of hydrogen-bond acceptors (Lipinski definition) is 1. The fourth-order valence-electron chi connectivity index (χ4n) is 2.18. The van der Waals surface area contributed by atoms with Gasteiger partial charge >= 0.3 is 0 Å². The van der Waals surface area contributed by atoms with E-state index >= 15 is 0 Å². The van der Waals surface area contributed by atoms with Crippen molar-refractivity contribution >= 4 is 0 Å². The van der Waals surface area contributed by atoms with E-state index in [2.05, 4.69) is 53.4 Å². The quantitative estimate of drug-likeness (QED) is 0.669. The summed E-state index contributed by atoms with van der Waals surface area (Å²) < 4.78 is 0. The summed E-state index contributed by atoms with van der Waals surface area (Å²) in [6.45, 7) is 19.0. The first-order chi connectivity index (χ1) is 6.52. The van der Waals surface area contributed by atoms with Crippen molar-refractivity contribution in [3.8, 4) is 0 Å². The second kappa shape index (κ2) is 3.76. The van der Waals surface area contributed by atoms with E-state index in [4.69, 9.17) is 0 Å². The van der Waals surface area contributed by atoms with Gasteiger partial charge in [0, 0.05) is 18.6 Å². The Morgan fingerprint density at radius 1 is 1.00 bits per heavy atom. The van der Waals surface area contributed by atoms with Crippen LogP contribution in [0.4, 0.5) is 0 Å². The second-order valence-corrected chi connectivity index (χ2v) is 7.90. The fraction of sp³-hybridized carbons (Fsp3) is 1.00. The Hall–Kier alpha value is -0.0400. The van der Waals surface area contributed by atoms with Crippen LogP contribution in [0.25, 0.3) is 0 Å². The van der Waals surface area contributed by atoms with Gasteiger partial charge in [-0.15, -0.1) is 0 Å². The summed E-state index contributed by atoms with van der Waals surface area (Å²) in [5.74, 6) is 0. The zero-order valence-electron chi connectivity index (χ0n) is 11.8. The van der Waals surface area contributed by atoms with Crippen LogP contribution in [0, 0.1) is 10.8 Å². The Morgan fingerprint density at radius 2 is 1.47 bits per heavy atom. The van der Waals surface area contributed by atoms with Crippen molar-refractivity contribution < 1.29 is 0 Å². The van der Waals surface area contributed by atoms with Crippen LogP contribution < -0.4 is 0 Å². The largest absolute Gasteiger partial charge is 0.297 e. The van der Waals surface area contributed by atoms with Crippen molar-refractivity contribution in [2.75, 3.05) is 13.1 Å². The van der Waals surface area contributed by atoms with Gasteiger partial charge in [0.2, 0.25) is 0 Å². The first kappa shape index (κ1) is 13.0. The van der Waals surface area contributed by atoms with Crippen molar-refractivity contribution in [1.82, 2.24) is 4.90 Å². The first-order valence-corrected chi connectivity index (χ1v) is 6.27. The molecule has 1 rings (SSSR count). The molecule has 0 atom stereocenters. The lowest BCUT2D eigenvalue weighted by atomic mass is 9.72. The Labute approximate surface area is 96.2 Å². The van der Waals surface area contributed by atoms with Gasteiger partial charge in [0.15, 0.2) is 0 Å². The average Bonchev–Trinajstić information content (AvgIpc) is 1.92. The van der Waals surface area contributed by atoms with Crippen LogP contribution in [0.1, 0.15) is 61.3 Å². The monoisotopic (exact) mass is 211 g/mol. The zero-order chi connectivity index (χ0) is 11.9. The van der Waals surface area contributed by atoms with Crippen molar-refractivity contribution in [3.05, 3.63) is 0 Å². The van der Waals surface area contributed by atoms with Crippen LogP contribution >= 0.6 is 0 Å². The second-order valence-electron chi connectivity index (χ2n) is 7.90. The lowest BCUT2D eigenvalue weighted by Crippen LogP contribution is -2.61. The molecule has 1 saturated heterocycles. The highest BCUT2D eigenvalue weighted by molar-refractivity contribution is 4.97. The minimum Gasteiger partial charge on any atom is -0.297 e. The van der Waals surface area contributed by atoms with Crippen LogP contribution in [0.3, 0.4) is 0 Å². The maximum absolute atomic E-state index is 2.59. The minimum atomic E-state index is 0.362. The standard InChI is InChI=1S/C14H29N/c1-12(2,3)8-9-14(7)10-15(11-14)13(4,5)6/h8-11H2,1-7H3. The highest BCUT2D eigenvalue weighted by Gasteiger charge is 2.43. The summed E-state index contributed by atoms with van der Waals surface area (Å²) in [7, 11) is 0. The molecule has 1 nitrogen and oxygen atoms in total. The molecule has 0 saturated carbocycles. The van der Waals surface area contributed by atoms with E-state index in [1.807, 2.05) is 0 Å².